The number of pyridine rings is 1. The number of likely N-dealkylation sites (tertiary alicyclic amines) is 1. The van der Waals surface area contributed by atoms with Crippen molar-refractivity contribution in [1.82, 2.24) is 15.2 Å². The number of aliphatic hydroxyl groups is 1. The monoisotopic (exact) mass is 329 g/mol. The van der Waals surface area contributed by atoms with E-state index in [0.717, 1.165) is 12.7 Å². The van der Waals surface area contributed by atoms with E-state index in [4.69, 9.17) is 0 Å². The molecule has 3 rings (SSSR count). The maximum absolute atomic E-state index is 12.9. The van der Waals surface area contributed by atoms with Crippen molar-refractivity contribution < 1.29 is 14.3 Å². The van der Waals surface area contributed by atoms with Gasteiger partial charge >= 0.3 is 0 Å². The molecule has 0 unspecified atom stereocenters. The van der Waals surface area contributed by atoms with Crippen LogP contribution in [0.3, 0.4) is 0 Å². The fourth-order valence-corrected chi connectivity index (χ4v) is 3.03. The Kier molecular flexibility index (Phi) is 5.17. The summed E-state index contributed by atoms with van der Waals surface area (Å²) >= 11 is 0. The number of amides is 1. The van der Waals surface area contributed by atoms with Gasteiger partial charge in [0.25, 0.3) is 5.91 Å². The number of hydrogen-bond acceptors (Lipinski definition) is 4. The number of nitrogens with one attached hydrogen (secondary N) is 1. The lowest BCUT2D eigenvalue weighted by Crippen LogP contribution is -2.41. The van der Waals surface area contributed by atoms with Crippen molar-refractivity contribution in [2.24, 2.45) is 5.92 Å². The standard InChI is InChI=1S/C18H20FN3O2/c19-15-6-7-16(20-8-15)18(24)21-17-11-22(10-14(17)12-23)9-13-4-2-1-3-5-13/h1-8,14,17,23H,9-12H2,(H,21,24)/t14-,17+/m0/s1. The molecule has 2 aromatic rings. The molecule has 5 nitrogen and oxygen atoms in total. The predicted molar refractivity (Wildman–Crippen MR) is 87.7 cm³/mol. The summed E-state index contributed by atoms with van der Waals surface area (Å²) < 4.78 is 12.9. The Hall–Kier alpha value is -2.31. The number of carbonyl (C=O) groups is 1. The first kappa shape index (κ1) is 16.5. The lowest BCUT2D eigenvalue weighted by Gasteiger charge is -2.18. The Labute approximate surface area is 140 Å². The lowest BCUT2D eigenvalue weighted by molar-refractivity contribution is 0.0916. The fraction of sp³-hybridized carbons (Fsp3) is 0.333. The Morgan fingerprint density at radius 2 is 2.04 bits per heavy atom. The molecule has 1 aliphatic heterocycles. The Balaban J connectivity index is 1.62. The number of aliphatic hydroxyl groups excluding tert-OH is 1. The van der Waals surface area contributed by atoms with Gasteiger partial charge in [0.1, 0.15) is 11.5 Å². The van der Waals surface area contributed by atoms with Crippen LogP contribution in [0.4, 0.5) is 4.39 Å². The van der Waals surface area contributed by atoms with Gasteiger partial charge in [0.2, 0.25) is 0 Å². The molecule has 0 saturated carbocycles. The molecule has 2 heterocycles. The quantitative estimate of drug-likeness (QED) is 0.871. The summed E-state index contributed by atoms with van der Waals surface area (Å²) in [7, 11) is 0. The fourth-order valence-electron chi connectivity index (χ4n) is 3.03. The van der Waals surface area contributed by atoms with E-state index in [1.54, 1.807) is 0 Å². The first-order chi connectivity index (χ1) is 11.7. The molecule has 1 aromatic carbocycles. The molecule has 126 valence electrons. The van der Waals surface area contributed by atoms with E-state index in [2.05, 4.69) is 27.3 Å². The second-order valence-electron chi connectivity index (χ2n) is 6.06. The van der Waals surface area contributed by atoms with Crippen LogP contribution in [-0.4, -0.2) is 46.6 Å². The molecule has 0 radical (unpaired) electrons. The van der Waals surface area contributed by atoms with Gasteiger partial charge in [-0.15, -0.1) is 0 Å². The number of rotatable bonds is 5. The summed E-state index contributed by atoms with van der Waals surface area (Å²) in [5.41, 5.74) is 1.37. The van der Waals surface area contributed by atoms with Gasteiger partial charge in [0.15, 0.2) is 0 Å². The van der Waals surface area contributed by atoms with Gasteiger partial charge < -0.3 is 10.4 Å². The third-order valence-electron chi connectivity index (χ3n) is 4.28. The molecule has 6 heteroatoms. The Morgan fingerprint density at radius 3 is 2.71 bits per heavy atom. The first-order valence-corrected chi connectivity index (χ1v) is 7.95. The molecule has 1 amide bonds. The van der Waals surface area contributed by atoms with Crippen LogP contribution in [0.15, 0.2) is 48.7 Å². The van der Waals surface area contributed by atoms with E-state index in [-0.39, 0.29) is 30.2 Å². The molecule has 1 saturated heterocycles. The highest BCUT2D eigenvalue weighted by molar-refractivity contribution is 5.92. The highest BCUT2D eigenvalue weighted by atomic mass is 19.1. The van der Waals surface area contributed by atoms with Crippen molar-refractivity contribution in [1.29, 1.82) is 0 Å². The summed E-state index contributed by atoms with van der Waals surface area (Å²) in [5, 5.41) is 12.5. The van der Waals surface area contributed by atoms with E-state index in [0.29, 0.717) is 13.1 Å². The van der Waals surface area contributed by atoms with Gasteiger partial charge in [0, 0.05) is 38.2 Å². The summed E-state index contributed by atoms with van der Waals surface area (Å²) in [4.78, 5) is 18.2. The topological polar surface area (TPSA) is 65.5 Å². The van der Waals surface area contributed by atoms with Gasteiger partial charge in [-0.3, -0.25) is 9.69 Å². The molecular formula is C18H20FN3O2. The molecule has 1 aromatic heterocycles. The molecular weight excluding hydrogens is 309 g/mol. The van der Waals surface area contributed by atoms with Crippen LogP contribution in [0.1, 0.15) is 16.1 Å². The van der Waals surface area contributed by atoms with Crippen LogP contribution in [0, 0.1) is 11.7 Å². The smallest absolute Gasteiger partial charge is 0.270 e. The van der Waals surface area contributed by atoms with Crippen molar-refractivity contribution in [2.75, 3.05) is 19.7 Å². The molecule has 0 bridgehead atoms. The summed E-state index contributed by atoms with van der Waals surface area (Å²) in [6, 6.07) is 12.5. The van der Waals surface area contributed by atoms with Gasteiger partial charge in [-0.2, -0.15) is 0 Å². The van der Waals surface area contributed by atoms with Gasteiger partial charge in [-0.25, -0.2) is 9.37 Å². The molecule has 2 atom stereocenters. The molecule has 2 N–H and O–H groups in total. The van der Waals surface area contributed by atoms with Crippen molar-refractivity contribution in [3.63, 3.8) is 0 Å². The van der Waals surface area contributed by atoms with Crippen LogP contribution in [0.2, 0.25) is 0 Å². The molecule has 24 heavy (non-hydrogen) atoms. The average Bonchev–Trinajstić information content (AvgIpc) is 2.97. The number of halogens is 1. The second-order valence-corrected chi connectivity index (χ2v) is 6.06. The van der Waals surface area contributed by atoms with Gasteiger partial charge in [0.05, 0.1) is 6.20 Å². The van der Waals surface area contributed by atoms with Gasteiger partial charge in [-0.05, 0) is 17.7 Å². The minimum Gasteiger partial charge on any atom is -0.396 e. The van der Waals surface area contributed by atoms with Crippen molar-refractivity contribution >= 4 is 5.91 Å². The maximum Gasteiger partial charge on any atom is 0.270 e. The van der Waals surface area contributed by atoms with E-state index in [9.17, 15) is 14.3 Å². The first-order valence-electron chi connectivity index (χ1n) is 7.95. The Morgan fingerprint density at radius 1 is 1.25 bits per heavy atom. The van der Waals surface area contributed by atoms with Crippen LogP contribution in [0.25, 0.3) is 0 Å². The highest BCUT2D eigenvalue weighted by Gasteiger charge is 2.33. The van der Waals surface area contributed by atoms with Gasteiger partial charge in [-0.1, -0.05) is 30.3 Å². The van der Waals surface area contributed by atoms with Crippen LogP contribution >= 0.6 is 0 Å². The third-order valence-corrected chi connectivity index (χ3v) is 4.28. The molecule has 1 aliphatic rings. The summed E-state index contributed by atoms with van der Waals surface area (Å²) in [5.74, 6) is -0.854. The van der Waals surface area contributed by atoms with E-state index >= 15 is 0 Å². The largest absolute Gasteiger partial charge is 0.396 e. The lowest BCUT2D eigenvalue weighted by atomic mass is 10.1. The van der Waals surface area contributed by atoms with Crippen LogP contribution in [0.5, 0.6) is 0 Å². The second kappa shape index (κ2) is 7.51. The van der Waals surface area contributed by atoms with E-state index in [1.807, 2.05) is 18.2 Å². The maximum atomic E-state index is 12.9. The minimum atomic E-state index is -0.477. The highest BCUT2D eigenvalue weighted by Crippen LogP contribution is 2.19. The van der Waals surface area contributed by atoms with Crippen molar-refractivity contribution in [2.45, 2.75) is 12.6 Å². The Bertz CT molecular complexity index is 678. The normalized spacial score (nSPS) is 20.9. The van der Waals surface area contributed by atoms with Crippen molar-refractivity contribution in [3.05, 3.63) is 65.7 Å². The summed E-state index contributed by atoms with van der Waals surface area (Å²) in [6.45, 7) is 2.16. The number of carbonyl (C=O) groups excluding carboxylic acids is 1. The molecule has 0 aliphatic carbocycles. The third kappa shape index (κ3) is 3.96. The van der Waals surface area contributed by atoms with Crippen molar-refractivity contribution in [3.8, 4) is 0 Å². The number of hydrogen-bond donors (Lipinski definition) is 2. The summed E-state index contributed by atoms with van der Waals surface area (Å²) in [6.07, 6.45) is 1.02. The number of benzene rings is 1. The minimum absolute atomic E-state index is 0.00703. The molecule has 0 spiro atoms. The van der Waals surface area contributed by atoms with Crippen LogP contribution < -0.4 is 5.32 Å². The zero-order valence-electron chi connectivity index (χ0n) is 13.2. The van der Waals surface area contributed by atoms with Crippen LogP contribution in [-0.2, 0) is 6.54 Å². The zero-order chi connectivity index (χ0) is 16.9. The van der Waals surface area contributed by atoms with E-state index in [1.165, 1.54) is 17.7 Å². The zero-order valence-corrected chi connectivity index (χ0v) is 13.2. The SMILES string of the molecule is O=C(N[C@@H]1CN(Cc2ccccc2)C[C@H]1CO)c1ccc(F)cn1. The molecule has 1 fully saturated rings. The predicted octanol–water partition coefficient (Wildman–Crippen LogP) is 1.44. The number of nitrogens with zero attached hydrogens (tertiary/aromatic N) is 2. The number of aromatic nitrogens is 1. The average molecular weight is 329 g/mol. The van der Waals surface area contributed by atoms with E-state index < -0.39 is 5.82 Å².